The second-order valence-corrected chi connectivity index (χ2v) is 6.08. The van der Waals surface area contributed by atoms with E-state index in [1.165, 1.54) is 6.92 Å². The Labute approximate surface area is 143 Å². The molecule has 0 heterocycles. The Morgan fingerprint density at radius 3 is 2.35 bits per heavy atom. The van der Waals surface area contributed by atoms with Gasteiger partial charge in [0.2, 0.25) is 0 Å². The summed E-state index contributed by atoms with van der Waals surface area (Å²) in [6, 6.07) is 8.35. The SMILES string of the molecule is CC[C@H](C(=O)C(N)Br)C(=O)[C@H](C)NC(=O)OCc1ccccc1. The first-order chi connectivity index (χ1) is 10.9. The molecular weight excluding hydrogens is 364 g/mol. The van der Waals surface area contributed by atoms with Crippen LogP contribution in [0.1, 0.15) is 25.8 Å². The normalized spacial score (nSPS) is 14.4. The third kappa shape index (κ3) is 6.11. The van der Waals surface area contributed by atoms with Gasteiger partial charge in [0.15, 0.2) is 11.6 Å². The number of nitrogens with two attached hydrogens (primary N) is 1. The third-order valence-electron chi connectivity index (χ3n) is 3.34. The summed E-state index contributed by atoms with van der Waals surface area (Å²) in [6.45, 7) is 3.34. The number of alkyl halides is 1. The van der Waals surface area contributed by atoms with Crippen molar-refractivity contribution < 1.29 is 19.1 Å². The first-order valence-electron chi connectivity index (χ1n) is 7.31. The predicted molar refractivity (Wildman–Crippen MR) is 89.9 cm³/mol. The van der Waals surface area contributed by atoms with Crippen LogP contribution in [-0.4, -0.2) is 28.7 Å². The largest absolute Gasteiger partial charge is 0.445 e. The number of hydrogen-bond donors (Lipinski definition) is 2. The first kappa shape index (κ1) is 19.3. The zero-order valence-corrected chi connectivity index (χ0v) is 14.7. The number of rotatable bonds is 8. The number of Topliss-reactive ketones (excluding diaryl/α,β-unsaturated/α-hetero) is 2. The number of ether oxygens (including phenoxy) is 1. The molecule has 0 aliphatic carbocycles. The van der Waals surface area contributed by atoms with Gasteiger partial charge in [-0.2, -0.15) is 0 Å². The van der Waals surface area contributed by atoms with Gasteiger partial charge in [0, 0.05) is 0 Å². The van der Waals surface area contributed by atoms with Crippen LogP contribution in [0.2, 0.25) is 0 Å². The average molecular weight is 385 g/mol. The van der Waals surface area contributed by atoms with Gasteiger partial charge in [-0.3, -0.25) is 9.59 Å². The summed E-state index contributed by atoms with van der Waals surface area (Å²) in [5.74, 6) is -1.64. The minimum absolute atomic E-state index is 0.107. The van der Waals surface area contributed by atoms with Crippen molar-refractivity contribution in [1.29, 1.82) is 0 Å². The summed E-state index contributed by atoms with van der Waals surface area (Å²) < 4.78 is 5.05. The second-order valence-electron chi connectivity index (χ2n) is 5.10. The molecule has 0 aromatic heterocycles. The van der Waals surface area contributed by atoms with Crippen LogP contribution in [0.15, 0.2) is 30.3 Å². The van der Waals surface area contributed by atoms with Gasteiger partial charge in [-0.25, -0.2) is 4.79 Å². The maximum absolute atomic E-state index is 12.3. The molecule has 0 radical (unpaired) electrons. The molecule has 3 atom stereocenters. The van der Waals surface area contributed by atoms with Gasteiger partial charge in [0.1, 0.15) is 11.6 Å². The fourth-order valence-corrected chi connectivity index (χ4v) is 2.37. The van der Waals surface area contributed by atoms with Gasteiger partial charge < -0.3 is 15.8 Å². The fourth-order valence-electron chi connectivity index (χ4n) is 2.05. The smallest absolute Gasteiger partial charge is 0.408 e. The Morgan fingerprint density at radius 1 is 1.22 bits per heavy atom. The highest BCUT2D eigenvalue weighted by molar-refractivity contribution is 9.09. The first-order valence-corrected chi connectivity index (χ1v) is 8.22. The van der Waals surface area contributed by atoms with Crippen LogP contribution in [0.5, 0.6) is 0 Å². The molecule has 0 aliphatic rings. The van der Waals surface area contributed by atoms with Crippen LogP contribution >= 0.6 is 15.9 Å². The molecular formula is C16H21BrN2O4. The average Bonchev–Trinajstić information content (AvgIpc) is 2.54. The van der Waals surface area contributed by atoms with E-state index in [9.17, 15) is 14.4 Å². The lowest BCUT2D eigenvalue weighted by atomic mass is 9.92. The van der Waals surface area contributed by atoms with E-state index in [0.29, 0.717) is 6.42 Å². The number of benzene rings is 1. The maximum atomic E-state index is 12.3. The van der Waals surface area contributed by atoms with Crippen LogP contribution in [0.25, 0.3) is 0 Å². The number of alkyl carbamates (subject to hydrolysis) is 1. The fraction of sp³-hybridized carbons (Fsp3) is 0.438. The highest BCUT2D eigenvalue weighted by Gasteiger charge is 2.31. The van der Waals surface area contributed by atoms with E-state index in [-0.39, 0.29) is 12.4 Å². The minimum atomic E-state index is -0.895. The molecule has 126 valence electrons. The molecule has 3 N–H and O–H groups in total. The zero-order chi connectivity index (χ0) is 17.4. The van der Waals surface area contributed by atoms with Crippen molar-refractivity contribution in [2.45, 2.75) is 37.9 Å². The van der Waals surface area contributed by atoms with Crippen molar-refractivity contribution >= 4 is 33.6 Å². The summed E-state index contributed by atoms with van der Waals surface area (Å²) in [7, 11) is 0. The summed E-state index contributed by atoms with van der Waals surface area (Å²) >= 11 is 2.96. The molecule has 6 nitrogen and oxygen atoms in total. The van der Waals surface area contributed by atoms with E-state index in [0.717, 1.165) is 5.56 Å². The summed E-state index contributed by atoms with van der Waals surface area (Å²) in [5.41, 5.74) is 6.31. The van der Waals surface area contributed by atoms with Crippen molar-refractivity contribution in [2.75, 3.05) is 0 Å². The van der Waals surface area contributed by atoms with E-state index < -0.39 is 28.8 Å². The van der Waals surface area contributed by atoms with Crippen molar-refractivity contribution in [3.63, 3.8) is 0 Å². The number of hydrogen-bond acceptors (Lipinski definition) is 5. The Balaban J connectivity index is 2.53. The monoisotopic (exact) mass is 384 g/mol. The predicted octanol–water partition coefficient (Wildman–Crippen LogP) is 2.15. The number of nitrogens with one attached hydrogen (secondary N) is 1. The molecule has 0 saturated carbocycles. The third-order valence-corrected chi connectivity index (χ3v) is 3.79. The van der Waals surface area contributed by atoms with Gasteiger partial charge in [-0.1, -0.05) is 53.2 Å². The number of amides is 1. The van der Waals surface area contributed by atoms with Gasteiger partial charge in [0.05, 0.1) is 12.0 Å². The Morgan fingerprint density at radius 2 is 1.83 bits per heavy atom. The molecule has 0 saturated heterocycles. The lowest BCUT2D eigenvalue weighted by Crippen LogP contribution is -2.45. The van der Waals surface area contributed by atoms with Crippen LogP contribution in [-0.2, 0) is 20.9 Å². The topological polar surface area (TPSA) is 98.5 Å². The lowest BCUT2D eigenvalue weighted by Gasteiger charge is -2.19. The van der Waals surface area contributed by atoms with Crippen LogP contribution in [0.4, 0.5) is 4.79 Å². The Hall–Kier alpha value is -1.73. The van der Waals surface area contributed by atoms with Crippen LogP contribution in [0, 0.1) is 5.92 Å². The molecule has 23 heavy (non-hydrogen) atoms. The van der Waals surface area contributed by atoms with Gasteiger partial charge in [0.25, 0.3) is 0 Å². The van der Waals surface area contributed by atoms with Crippen molar-refractivity contribution in [3.05, 3.63) is 35.9 Å². The summed E-state index contributed by atoms with van der Waals surface area (Å²) in [5, 5.41) is 2.44. The molecule has 0 aliphatic heterocycles. The van der Waals surface area contributed by atoms with Gasteiger partial charge in [-0.15, -0.1) is 0 Å². The minimum Gasteiger partial charge on any atom is -0.445 e. The quantitative estimate of drug-likeness (QED) is 0.406. The van der Waals surface area contributed by atoms with Crippen molar-refractivity contribution in [3.8, 4) is 0 Å². The standard InChI is InChI=1S/C16H21BrN2O4/c1-3-12(14(21)15(17)18)13(20)10(2)19-16(22)23-9-11-7-5-4-6-8-11/h4-8,10,12,15H,3,9,18H2,1-2H3,(H,19,22)/t10-,12-,15?/m0/s1. The number of carbonyl (C=O) groups excluding carboxylic acids is 3. The Kier molecular flexibility index (Phi) is 7.91. The molecule has 1 aromatic carbocycles. The maximum Gasteiger partial charge on any atom is 0.408 e. The molecule has 1 unspecified atom stereocenters. The number of halogens is 1. The van der Waals surface area contributed by atoms with Crippen LogP contribution < -0.4 is 11.1 Å². The molecule has 0 spiro atoms. The zero-order valence-electron chi connectivity index (χ0n) is 13.1. The van der Waals surface area contributed by atoms with E-state index in [2.05, 4.69) is 21.2 Å². The van der Waals surface area contributed by atoms with E-state index in [1.807, 2.05) is 30.3 Å². The van der Waals surface area contributed by atoms with Crippen molar-refractivity contribution in [2.24, 2.45) is 11.7 Å². The highest BCUT2D eigenvalue weighted by Crippen LogP contribution is 2.13. The Bertz CT molecular complexity index is 548. The number of ketones is 2. The molecule has 0 bridgehead atoms. The van der Waals surface area contributed by atoms with E-state index >= 15 is 0 Å². The number of carbonyl (C=O) groups is 3. The molecule has 1 rings (SSSR count). The highest BCUT2D eigenvalue weighted by atomic mass is 79.9. The van der Waals surface area contributed by atoms with E-state index in [4.69, 9.17) is 10.5 Å². The molecule has 1 aromatic rings. The lowest BCUT2D eigenvalue weighted by molar-refractivity contribution is -0.133. The van der Waals surface area contributed by atoms with Crippen molar-refractivity contribution in [1.82, 2.24) is 5.32 Å². The van der Waals surface area contributed by atoms with E-state index in [1.54, 1.807) is 6.92 Å². The van der Waals surface area contributed by atoms with Gasteiger partial charge >= 0.3 is 6.09 Å². The second kappa shape index (κ2) is 9.42. The molecule has 1 amide bonds. The molecule has 7 heteroatoms. The molecule has 0 fully saturated rings. The van der Waals surface area contributed by atoms with Gasteiger partial charge in [-0.05, 0) is 18.9 Å². The summed E-state index contributed by atoms with van der Waals surface area (Å²) in [6.07, 6.45) is -0.387. The summed E-state index contributed by atoms with van der Waals surface area (Å²) in [4.78, 5) is 35.0. The van der Waals surface area contributed by atoms with Crippen LogP contribution in [0.3, 0.4) is 0 Å².